The van der Waals surface area contributed by atoms with Gasteiger partial charge in [0.25, 0.3) is 5.91 Å². The summed E-state index contributed by atoms with van der Waals surface area (Å²) in [7, 11) is 3.95. The summed E-state index contributed by atoms with van der Waals surface area (Å²) in [6, 6.07) is 18.1. The zero-order chi connectivity index (χ0) is 43.4. The van der Waals surface area contributed by atoms with Crippen molar-refractivity contribution in [2.24, 2.45) is 17.6 Å². The van der Waals surface area contributed by atoms with Crippen molar-refractivity contribution in [3.05, 3.63) is 89.2 Å². The first kappa shape index (κ1) is 43.9. The highest BCUT2D eigenvalue weighted by molar-refractivity contribution is 5.98. The highest BCUT2D eigenvalue weighted by Gasteiger charge is 2.65. The van der Waals surface area contributed by atoms with Gasteiger partial charge in [-0.2, -0.15) is 22.7 Å². The number of H-pyrrole nitrogens is 1. The third-order valence-electron chi connectivity index (χ3n) is 11.8. The van der Waals surface area contributed by atoms with Crippen molar-refractivity contribution < 1.29 is 41.8 Å². The van der Waals surface area contributed by atoms with Crippen molar-refractivity contribution in [1.82, 2.24) is 30.3 Å². The van der Waals surface area contributed by atoms with Crippen LogP contribution in [0.3, 0.4) is 0 Å². The minimum absolute atomic E-state index is 0.00966. The zero-order valence-electron chi connectivity index (χ0n) is 33.7. The molecule has 2 aliphatic rings. The Morgan fingerprint density at radius 1 is 0.933 bits per heavy atom. The molecule has 320 valence electrons. The van der Waals surface area contributed by atoms with Crippen LogP contribution in [0.5, 0.6) is 0 Å². The summed E-state index contributed by atoms with van der Waals surface area (Å²) in [6.07, 6.45) is 4.96. The quantitative estimate of drug-likeness (QED) is 0.0972. The molecule has 3 aromatic carbocycles. The second-order valence-corrected chi connectivity index (χ2v) is 15.9. The van der Waals surface area contributed by atoms with Crippen LogP contribution in [0.25, 0.3) is 22.5 Å². The first-order valence-electron chi connectivity index (χ1n) is 20.0. The second-order valence-electron chi connectivity index (χ2n) is 15.9. The van der Waals surface area contributed by atoms with Gasteiger partial charge in [0.1, 0.15) is 6.04 Å². The summed E-state index contributed by atoms with van der Waals surface area (Å²) in [4.78, 5) is 59.0. The van der Waals surface area contributed by atoms with E-state index in [0.29, 0.717) is 30.9 Å². The number of nitrogens with one attached hydrogen (secondary N) is 3. The van der Waals surface area contributed by atoms with Crippen molar-refractivity contribution in [3.8, 4) is 22.5 Å². The van der Waals surface area contributed by atoms with E-state index < -0.39 is 41.4 Å². The molecule has 1 unspecified atom stereocenters. The first-order valence-corrected chi connectivity index (χ1v) is 20.0. The van der Waals surface area contributed by atoms with Crippen molar-refractivity contribution in [2.45, 2.75) is 75.8 Å². The minimum atomic E-state index is -5.44. The fourth-order valence-corrected chi connectivity index (χ4v) is 7.83. The highest BCUT2D eigenvalue weighted by Crippen LogP contribution is 2.42. The van der Waals surface area contributed by atoms with E-state index in [9.17, 15) is 36.7 Å². The Morgan fingerprint density at radius 3 is 2.17 bits per heavy atom. The number of hydrogen-bond donors (Lipinski definition) is 5. The molecule has 1 aliphatic carbocycles. The minimum Gasteiger partial charge on any atom is -0.477 e. The van der Waals surface area contributed by atoms with Gasteiger partial charge in [0.05, 0.1) is 0 Å². The predicted octanol–water partition coefficient (Wildman–Crippen LogP) is 5.86. The van der Waals surface area contributed by atoms with Crippen LogP contribution in [-0.4, -0.2) is 106 Å². The number of aromatic amines is 1. The van der Waals surface area contributed by atoms with Crippen molar-refractivity contribution in [1.29, 1.82) is 0 Å². The number of anilines is 1. The number of hydrogen-bond acceptors (Lipinski definition) is 8. The molecule has 2 heterocycles. The number of alkyl halides is 4. The molecule has 13 nitrogen and oxygen atoms in total. The number of aliphatic carboxylic acids is 1. The fourth-order valence-electron chi connectivity index (χ4n) is 7.83. The van der Waals surface area contributed by atoms with Gasteiger partial charge >= 0.3 is 17.8 Å². The Hall–Kier alpha value is -5.68. The largest absolute Gasteiger partial charge is 0.477 e. The molecule has 1 atom stereocenters. The average Bonchev–Trinajstić information content (AvgIpc) is 3.75. The average molecular weight is 835 g/mol. The van der Waals surface area contributed by atoms with Crippen LogP contribution in [0.1, 0.15) is 65.8 Å². The molecule has 0 spiro atoms. The molecule has 17 heteroatoms. The SMILES string of the molecule is Cc1cc(C(=O)N(C)C2CCN(C)CC2)ccc1-c1ccc(CC(NC(=O)C2CCC(CN)CC2)C(=O)Nc2ccc(-c3n[nH]c(C(F)(F)C(F)(F)C(=O)O)n3)cc2)cc1. The monoisotopic (exact) mass is 834 g/mol. The lowest BCUT2D eigenvalue weighted by atomic mass is 9.81. The third kappa shape index (κ3) is 9.68. The van der Waals surface area contributed by atoms with Crippen LogP contribution < -0.4 is 16.4 Å². The first-order chi connectivity index (χ1) is 28.5. The van der Waals surface area contributed by atoms with Gasteiger partial charge in [0.2, 0.25) is 17.6 Å². The molecular formula is C43H50F4N8O5. The standard InChI is InChI=1S/C43H50F4N8O5/c1-25-22-31(39(58)55(3)33-18-20-54(2)21-19-33)14-17-34(25)28-8-4-26(5-9-28)23-35(50-37(56)30-10-6-27(24-48)7-11-30)38(57)49-32-15-12-29(13-16-32)36-51-40(53-52-36)42(44,45)43(46,47)41(59)60/h4-5,8-9,12-17,22,27,30,33,35H,6-7,10-11,18-21,23-24,48H2,1-3H3,(H,49,57)(H,50,56)(H,59,60)(H,51,52,53). The lowest BCUT2D eigenvalue weighted by Gasteiger charge is -2.35. The number of amides is 3. The van der Waals surface area contributed by atoms with Gasteiger partial charge in [0, 0.05) is 42.2 Å². The van der Waals surface area contributed by atoms with E-state index in [-0.39, 0.29) is 41.4 Å². The molecule has 3 amide bonds. The number of halogens is 4. The maximum absolute atomic E-state index is 14.3. The summed E-state index contributed by atoms with van der Waals surface area (Å²) in [5.41, 5.74) is 10.4. The van der Waals surface area contributed by atoms with Gasteiger partial charge in [-0.3, -0.25) is 19.5 Å². The number of aromatic nitrogens is 3. The molecule has 6 rings (SSSR count). The van der Waals surface area contributed by atoms with E-state index >= 15 is 0 Å². The zero-order valence-corrected chi connectivity index (χ0v) is 33.7. The normalized spacial score (nSPS) is 18.4. The van der Waals surface area contributed by atoms with E-state index in [4.69, 9.17) is 10.8 Å². The number of benzene rings is 3. The summed E-state index contributed by atoms with van der Waals surface area (Å²) in [5.74, 6) is -16.4. The van der Waals surface area contributed by atoms with E-state index in [2.05, 4.69) is 32.7 Å². The predicted molar refractivity (Wildman–Crippen MR) is 216 cm³/mol. The molecule has 0 radical (unpaired) electrons. The molecule has 6 N–H and O–H groups in total. The Bertz CT molecular complexity index is 2170. The smallest absolute Gasteiger partial charge is 0.411 e. The Morgan fingerprint density at radius 2 is 1.57 bits per heavy atom. The number of nitrogens with zero attached hydrogens (tertiary/aromatic N) is 4. The number of aryl methyl sites for hydroxylation is 1. The molecule has 1 aliphatic heterocycles. The number of piperidine rings is 1. The van der Waals surface area contributed by atoms with E-state index in [1.54, 1.807) is 5.10 Å². The van der Waals surface area contributed by atoms with E-state index in [1.807, 2.05) is 61.3 Å². The van der Waals surface area contributed by atoms with E-state index in [1.165, 1.54) is 24.3 Å². The molecule has 60 heavy (non-hydrogen) atoms. The Kier molecular flexibility index (Phi) is 13.4. The number of carboxylic acid groups (broad SMARTS) is 1. The van der Waals surface area contributed by atoms with Crippen molar-refractivity contribution in [2.75, 3.05) is 39.0 Å². The van der Waals surface area contributed by atoms with Crippen molar-refractivity contribution >= 4 is 29.4 Å². The lowest BCUT2D eigenvalue weighted by Crippen LogP contribution is -2.48. The number of likely N-dealkylation sites (tertiary alicyclic amines) is 1. The topological polar surface area (TPSA) is 187 Å². The second kappa shape index (κ2) is 18.3. The molecule has 1 aromatic heterocycles. The third-order valence-corrected chi connectivity index (χ3v) is 11.8. The van der Waals surface area contributed by atoms with Crippen LogP contribution in [0.4, 0.5) is 23.2 Å². The molecule has 4 aromatic rings. The van der Waals surface area contributed by atoms with Gasteiger partial charge < -0.3 is 31.3 Å². The molecule has 2 fully saturated rings. The fraction of sp³-hybridized carbons (Fsp3) is 0.442. The number of carbonyl (C=O) groups excluding carboxylic acids is 3. The highest BCUT2D eigenvalue weighted by atomic mass is 19.3. The van der Waals surface area contributed by atoms with Crippen LogP contribution in [-0.2, 0) is 26.7 Å². The maximum atomic E-state index is 14.3. The number of rotatable bonds is 14. The van der Waals surface area contributed by atoms with Gasteiger partial charge in [-0.25, -0.2) is 9.78 Å². The number of carbonyl (C=O) groups is 4. The number of carboxylic acids is 1. The maximum Gasteiger partial charge on any atom is 0.411 e. The number of nitrogens with two attached hydrogens (primary N) is 1. The van der Waals surface area contributed by atoms with Gasteiger partial charge in [-0.15, -0.1) is 0 Å². The Balaban J connectivity index is 1.15. The summed E-state index contributed by atoms with van der Waals surface area (Å²) < 4.78 is 55.9. The van der Waals surface area contributed by atoms with E-state index in [0.717, 1.165) is 61.0 Å². The van der Waals surface area contributed by atoms with Gasteiger partial charge in [-0.1, -0.05) is 30.3 Å². The van der Waals surface area contributed by atoms with Gasteiger partial charge in [-0.05, 0) is 137 Å². The summed E-state index contributed by atoms with van der Waals surface area (Å²) >= 11 is 0. The molecular weight excluding hydrogens is 785 g/mol. The summed E-state index contributed by atoms with van der Waals surface area (Å²) in [6.45, 7) is 4.42. The van der Waals surface area contributed by atoms with Crippen LogP contribution in [0.2, 0.25) is 0 Å². The van der Waals surface area contributed by atoms with Crippen LogP contribution in [0.15, 0.2) is 66.7 Å². The van der Waals surface area contributed by atoms with Crippen LogP contribution in [0, 0.1) is 18.8 Å². The molecule has 0 bridgehead atoms. The van der Waals surface area contributed by atoms with Crippen LogP contribution >= 0.6 is 0 Å². The van der Waals surface area contributed by atoms with Crippen molar-refractivity contribution in [3.63, 3.8) is 0 Å². The Labute approximate surface area is 345 Å². The summed E-state index contributed by atoms with van der Waals surface area (Å²) in [5, 5.41) is 19.6. The van der Waals surface area contributed by atoms with Gasteiger partial charge in [0.15, 0.2) is 5.82 Å². The lowest BCUT2D eigenvalue weighted by molar-refractivity contribution is -0.231. The molecule has 1 saturated heterocycles. The molecule has 1 saturated carbocycles.